The molecule has 27 heteroatoms. The van der Waals surface area contributed by atoms with Crippen LogP contribution in [0.2, 0.25) is 0 Å². The lowest BCUT2D eigenvalue weighted by molar-refractivity contribution is -0.193. The van der Waals surface area contributed by atoms with E-state index in [4.69, 9.17) is 50.1 Å². The van der Waals surface area contributed by atoms with Gasteiger partial charge in [-0.05, 0) is 82.6 Å². The Morgan fingerprint density at radius 1 is 0.532 bits per heavy atom. The normalized spacial score (nSPS) is 12.2. The van der Waals surface area contributed by atoms with E-state index in [2.05, 4.69) is 16.0 Å². The predicted octanol–water partition coefficient (Wildman–Crippen LogP) is 5.35. The fourth-order valence-electron chi connectivity index (χ4n) is 3.72. The first-order valence-electron chi connectivity index (χ1n) is 17.2. The number of nitrogens with two attached hydrogens (primary N) is 1. The van der Waals surface area contributed by atoms with Gasteiger partial charge in [0.15, 0.2) is 11.5 Å². The smallest absolute Gasteiger partial charge is 0.475 e. The Morgan fingerprint density at radius 3 is 1.27 bits per heavy atom. The number of hydrogen-bond acceptors (Lipinski definition) is 11. The summed E-state index contributed by atoms with van der Waals surface area (Å²) in [6.07, 6.45) is -14.6. The number of alkyl halides is 12. The lowest BCUT2D eigenvalue weighted by Crippen LogP contribution is -2.24. The van der Waals surface area contributed by atoms with Crippen LogP contribution in [0.15, 0.2) is 60.4 Å². The van der Waals surface area contributed by atoms with Crippen LogP contribution in [-0.4, -0.2) is 120 Å². The molecular weight excluding hydrogens is 880 g/mol. The van der Waals surface area contributed by atoms with Crippen molar-refractivity contribution in [3.05, 3.63) is 77.1 Å². The lowest BCUT2D eigenvalue weighted by Gasteiger charge is -2.15. The summed E-state index contributed by atoms with van der Waals surface area (Å²) in [5, 5.41) is 38.8. The van der Waals surface area contributed by atoms with Crippen LogP contribution in [-0.2, 0) is 25.7 Å². The average Bonchev–Trinajstić information content (AvgIpc) is 3.15. The highest BCUT2D eigenvalue weighted by Crippen LogP contribution is 2.24. The van der Waals surface area contributed by atoms with Gasteiger partial charge in [-0.3, -0.25) is 9.59 Å². The number of Topliss-reactive ketones (excluding diaryl/α,β-unsaturated/α-hetero) is 1. The van der Waals surface area contributed by atoms with E-state index in [1.807, 2.05) is 24.3 Å². The number of aliphatic carboxylic acids is 4. The SMILES string of the molecule is NCCCNCCCCNCCCNCc1ccc(OC2=CC(=O)c3ccccc3C2=O)cc1.O=C(O)C(F)(F)F.O=C(O)C(F)(F)F.O=C(O)C(F)(F)F.O=C(O)C(F)(F)F. The van der Waals surface area contributed by atoms with Crippen molar-refractivity contribution in [3.8, 4) is 5.75 Å². The minimum absolute atomic E-state index is 0.0601. The number of unbranched alkanes of at least 4 members (excludes halogenated alkanes) is 1. The van der Waals surface area contributed by atoms with Crippen molar-refractivity contribution >= 4 is 35.4 Å². The van der Waals surface area contributed by atoms with Crippen LogP contribution in [0.5, 0.6) is 5.75 Å². The number of rotatable bonds is 16. The van der Waals surface area contributed by atoms with E-state index in [0.29, 0.717) is 16.9 Å². The zero-order valence-electron chi connectivity index (χ0n) is 31.7. The number of fused-ring (bicyclic) bond motifs is 1. The predicted molar refractivity (Wildman–Crippen MR) is 190 cm³/mol. The van der Waals surface area contributed by atoms with E-state index in [1.54, 1.807) is 24.3 Å². The fourth-order valence-corrected chi connectivity index (χ4v) is 3.72. The van der Waals surface area contributed by atoms with Crippen LogP contribution in [0.4, 0.5) is 52.7 Å². The molecule has 0 unspecified atom stereocenters. The Morgan fingerprint density at radius 2 is 0.887 bits per heavy atom. The summed E-state index contributed by atoms with van der Waals surface area (Å²) >= 11 is 0. The summed E-state index contributed by atoms with van der Waals surface area (Å²) in [6, 6.07) is 14.4. The number of carbonyl (C=O) groups is 6. The molecule has 0 bridgehead atoms. The third-order valence-electron chi connectivity index (χ3n) is 6.60. The zero-order valence-corrected chi connectivity index (χ0v) is 31.7. The van der Waals surface area contributed by atoms with Crippen molar-refractivity contribution in [2.24, 2.45) is 5.73 Å². The van der Waals surface area contributed by atoms with Crippen molar-refractivity contribution < 1.29 is 107 Å². The van der Waals surface area contributed by atoms with E-state index in [1.165, 1.54) is 18.9 Å². The third-order valence-corrected chi connectivity index (χ3v) is 6.60. The number of carboxylic acid groups (broad SMARTS) is 4. The monoisotopic (exact) mass is 920 g/mol. The third kappa shape index (κ3) is 27.9. The van der Waals surface area contributed by atoms with Gasteiger partial charge in [0.25, 0.3) is 0 Å². The number of allylic oxidation sites excluding steroid dienone is 2. The molecule has 0 amide bonds. The molecule has 0 heterocycles. The van der Waals surface area contributed by atoms with E-state index < -0.39 is 48.6 Å². The molecule has 2 aromatic carbocycles. The van der Waals surface area contributed by atoms with E-state index in [-0.39, 0.29) is 17.3 Å². The fraction of sp³-hybridized carbons (Fsp3) is 0.429. The Labute approximate surface area is 342 Å². The van der Waals surface area contributed by atoms with E-state index >= 15 is 0 Å². The molecule has 0 spiro atoms. The number of carbonyl (C=O) groups excluding carboxylic acids is 2. The summed E-state index contributed by atoms with van der Waals surface area (Å²) in [5.74, 6) is -10.9. The molecule has 15 nitrogen and oxygen atoms in total. The number of nitrogens with one attached hydrogen (secondary N) is 3. The zero-order chi connectivity index (χ0) is 48.3. The molecule has 3 rings (SSSR count). The van der Waals surface area contributed by atoms with Gasteiger partial charge in [-0.1, -0.05) is 36.4 Å². The Hall–Kier alpha value is -5.80. The summed E-state index contributed by atoms with van der Waals surface area (Å²) < 4.78 is 133. The molecule has 350 valence electrons. The van der Waals surface area contributed by atoms with Crippen molar-refractivity contribution in [3.63, 3.8) is 0 Å². The summed E-state index contributed by atoms with van der Waals surface area (Å²) in [5.41, 5.74) is 7.40. The van der Waals surface area contributed by atoms with Gasteiger partial charge in [-0.15, -0.1) is 0 Å². The highest BCUT2D eigenvalue weighted by atomic mass is 19.4. The van der Waals surface area contributed by atoms with Gasteiger partial charge < -0.3 is 46.8 Å². The number of benzene rings is 2. The first-order valence-corrected chi connectivity index (χ1v) is 17.2. The van der Waals surface area contributed by atoms with Crippen molar-refractivity contribution in [2.75, 3.05) is 39.3 Å². The van der Waals surface area contributed by atoms with Crippen LogP contribution in [0.1, 0.15) is 52.0 Å². The van der Waals surface area contributed by atoms with Gasteiger partial charge >= 0.3 is 48.6 Å². The number of carboxylic acids is 4. The molecule has 1 aliphatic rings. The molecule has 2 aromatic rings. The molecule has 0 aliphatic heterocycles. The maximum absolute atomic E-state index is 12.6. The highest BCUT2D eigenvalue weighted by Gasteiger charge is 2.40. The first-order chi connectivity index (χ1) is 28.5. The van der Waals surface area contributed by atoms with Crippen LogP contribution < -0.4 is 26.4 Å². The standard InChI is InChI=1S/C27H36N4O3.4C2HF3O2/c28-13-5-16-29-14-3-4-15-30-17-6-18-31-20-21-9-11-22(12-10-21)34-26-19-25(32)23-7-1-2-8-24(23)27(26)33;4*3-2(4,5)1(6)7/h1-2,7-12,19,29-31H,3-6,13-18,20,28H2;4*(H,6,7). The molecule has 0 saturated carbocycles. The largest absolute Gasteiger partial charge is 0.490 e. The molecule has 1 aliphatic carbocycles. The molecular formula is C35H40F12N4O11. The second-order valence-electron chi connectivity index (χ2n) is 11.6. The quantitative estimate of drug-likeness (QED) is 0.0781. The number of ketones is 2. The van der Waals surface area contributed by atoms with Gasteiger partial charge in [-0.2, -0.15) is 52.7 Å². The van der Waals surface area contributed by atoms with Gasteiger partial charge in [0, 0.05) is 23.7 Å². The number of ether oxygens (including phenoxy) is 1. The average molecular weight is 921 g/mol. The molecule has 62 heavy (non-hydrogen) atoms. The molecule has 0 fully saturated rings. The lowest BCUT2D eigenvalue weighted by atomic mass is 9.94. The Balaban J connectivity index is 0. The molecule has 0 radical (unpaired) electrons. The van der Waals surface area contributed by atoms with Gasteiger partial charge in [0.1, 0.15) is 5.75 Å². The minimum atomic E-state index is -5.08. The second kappa shape index (κ2) is 28.7. The Kier molecular flexibility index (Phi) is 27.0. The number of hydrogen-bond donors (Lipinski definition) is 8. The van der Waals surface area contributed by atoms with Gasteiger partial charge in [-0.25, -0.2) is 19.2 Å². The first kappa shape index (κ1) is 58.3. The second-order valence-corrected chi connectivity index (χ2v) is 11.6. The number of halogens is 12. The minimum Gasteiger partial charge on any atom is -0.475 e. The van der Waals surface area contributed by atoms with Crippen LogP contribution >= 0.6 is 0 Å². The maximum Gasteiger partial charge on any atom is 0.490 e. The van der Waals surface area contributed by atoms with E-state index in [9.17, 15) is 62.3 Å². The highest BCUT2D eigenvalue weighted by molar-refractivity contribution is 6.23. The van der Waals surface area contributed by atoms with Crippen LogP contribution in [0.25, 0.3) is 0 Å². The van der Waals surface area contributed by atoms with Crippen molar-refractivity contribution in [2.45, 2.75) is 56.9 Å². The summed E-state index contributed by atoms with van der Waals surface area (Å²) in [7, 11) is 0. The van der Waals surface area contributed by atoms with Crippen molar-refractivity contribution in [1.29, 1.82) is 0 Å². The van der Waals surface area contributed by atoms with Crippen LogP contribution in [0.3, 0.4) is 0 Å². The topological polar surface area (TPSA) is 255 Å². The summed E-state index contributed by atoms with van der Waals surface area (Å²) in [4.78, 5) is 60.5. The van der Waals surface area contributed by atoms with Gasteiger partial charge in [0.05, 0.1) is 0 Å². The molecule has 0 aromatic heterocycles. The van der Waals surface area contributed by atoms with Crippen molar-refractivity contribution in [1.82, 2.24) is 16.0 Å². The van der Waals surface area contributed by atoms with E-state index in [0.717, 1.165) is 64.2 Å². The van der Waals surface area contributed by atoms with Gasteiger partial charge in [0.2, 0.25) is 5.78 Å². The van der Waals surface area contributed by atoms with Crippen LogP contribution in [0, 0.1) is 0 Å². The molecule has 0 atom stereocenters. The maximum atomic E-state index is 12.6. The Bertz CT molecular complexity index is 1650. The molecule has 0 saturated heterocycles. The summed E-state index contributed by atoms with van der Waals surface area (Å²) in [6.45, 7) is 6.59. The molecule has 9 N–H and O–H groups in total.